The Morgan fingerprint density at radius 1 is 1.27 bits per heavy atom. The standard InChI is InChI=1S/C19H28N2O/c1-18(2)10-15-11-19(3,12-18)13-21(15)17(22)16(20)9-14-7-5-4-6-8-14/h4-8,15-16H,9-13,20H2,1-3H3/t15?,16-,19?/m0/s1. The number of benzene rings is 1. The first kappa shape index (κ1) is 15.5. The molecule has 3 nitrogen and oxygen atoms in total. The second-order valence-corrected chi connectivity index (χ2v) is 8.48. The molecule has 3 heteroatoms. The first-order valence-electron chi connectivity index (χ1n) is 8.38. The van der Waals surface area contributed by atoms with Gasteiger partial charge in [-0.05, 0) is 42.1 Å². The molecule has 3 rings (SSSR count). The quantitative estimate of drug-likeness (QED) is 0.933. The van der Waals surface area contributed by atoms with E-state index in [0.29, 0.717) is 17.9 Å². The number of likely N-dealkylation sites (tertiary alicyclic amines) is 1. The van der Waals surface area contributed by atoms with Gasteiger partial charge in [0.05, 0.1) is 6.04 Å². The van der Waals surface area contributed by atoms with E-state index in [4.69, 9.17) is 5.73 Å². The van der Waals surface area contributed by atoms with Gasteiger partial charge in [-0.2, -0.15) is 0 Å². The van der Waals surface area contributed by atoms with Crippen LogP contribution >= 0.6 is 0 Å². The molecule has 22 heavy (non-hydrogen) atoms. The fourth-order valence-corrected chi connectivity index (χ4v) is 4.89. The van der Waals surface area contributed by atoms with Crippen molar-refractivity contribution in [2.24, 2.45) is 16.6 Å². The van der Waals surface area contributed by atoms with Crippen molar-refractivity contribution in [3.63, 3.8) is 0 Å². The van der Waals surface area contributed by atoms with Crippen LogP contribution < -0.4 is 5.73 Å². The average molecular weight is 300 g/mol. The molecular weight excluding hydrogens is 272 g/mol. The van der Waals surface area contributed by atoms with Gasteiger partial charge < -0.3 is 10.6 Å². The highest BCUT2D eigenvalue weighted by Crippen LogP contribution is 2.52. The van der Waals surface area contributed by atoms with E-state index in [1.807, 2.05) is 30.3 Å². The van der Waals surface area contributed by atoms with Gasteiger partial charge in [-0.15, -0.1) is 0 Å². The predicted molar refractivity (Wildman–Crippen MR) is 89.4 cm³/mol. The molecule has 1 aliphatic carbocycles. The van der Waals surface area contributed by atoms with E-state index in [1.54, 1.807) is 0 Å². The molecule has 2 N–H and O–H groups in total. The minimum absolute atomic E-state index is 0.135. The van der Waals surface area contributed by atoms with E-state index in [2.05, 4.69) is 25.7 Å². The molecule has 2 unspecified atom stereocenters. The molecule has 2 fully saturated rings. The zero-order valence-corrected chi connectivity index (χ0v) is 14.0. The van der Waals surface area contributed by atoms with Crippen molar-refractivity contribution < 1.29 is 4.79 Å². The summed E-state index contributed by atoms with van der Waals surface area (Å²) in [5.74, 6) is 0.135. The lowest BCUT2D eigenvalue weighted by Gasteiger charge is -2.39. The molecule has 1 saturated heterocycles. The Bertz CT molecular complexity index is 554. The number of carbonyl (C=O) groups is 1. The largest absolute Gasteiger partial charge is 0.338 e. The fourth-order valence-electron chi connectivity index (χ4n) is 4.89. The number of nitrogens with two attached hydrogens (primary N) is 1. The van der Waals surface area contributed by atoms with E-state index in [1.165, 1.54) is 6.42 Å². The summed E-state index contributed by atoms with van der Waals surface area (Å²) < 4.78 is 0. The van der Waals surface area contributed by atoms with Crippen LogP contribution in [0.25, 0.3) is 0 Å². The molecule has 2 bridgehead atoms. The van der Waals surface area contributed by atoms with Gasteiger partial charge in [0, 0.05) is 12.6 Å². The number of hydrogen-bond acceptors (Lipinski definition) is 2. The Morgan fingerprint density at radius 2 is 1.95 bits per heavy atom. The summed E-state index contributed by atoms with van der Waals surface area (Å²) >= 11 is 0. The molecule has 1 amide bonds. The van der Waals surface area contributed by atoms with E-state index < -0.39 is 6.04 Å². The number of rotatable bonds is 3. The van der Waals surface area contributed by atoms with Crippen molar-refractivity contribution in [2.75, 3.05) is 6.54 Å². The maximum atomic E-state index is 12.8. The van der Waals surface area contributed by atoms with Gasteiger partial charge >= 0.3 is 0 Å². The highest BCUT2D eigenvalue weighted by molar-refractivity contribution is 5.82. The van der Waals surface area contributed by atoms with Crippen molar-refractivity contribution >= 4 is 5.91 Å². The fraction of sp³-hybridized carbons (Fsp3) is 0.632. The minimum Gasteiger partial charge on any atom is -0.338 e. The van der Waals surface area contributed by atoms with Crippen LogP contribution in [0.1, 0.15) is 45.6 Å². The van der Waals surface area contributed by atoms with Gasteiger partial charge in [0.25, 0.3) is 0 Å². The topological polar surface area (TPSA) is 46.3 Å². The predicted octanol–water partition coefficient (Wildman–Crippen LogP) is 2.98. The Morgan fingerprint density at radius 3 is 2.64 bits per heavy atom. The Hall–Kier alpha value is -1.35. The Kier molecular flexibility index (Phi) is 3.80. The van der Waals surface area contributed by atoms with Crippen LogP contribution in [0.5, 0.6) is 0 Å². The molecule has 1 heterocycles. The molecule has 1 aliphatic heterocycles. The van der Waals surface area contributed by atoms with Crippen LogP contribution in [-0.4, -0.2) is 29.4 Å². The lowest BCUT2D eigenvalue weighted by Crippen LogP contribution is -2.47. The number of hydrogen-bond donors (Lipinski definition) is 1. The van der Waals surface area contributed by atoms with Gasteiger partial charge in [0.15, 0.2) is 0 Å². The van der Waals surface area contributed by atoms with E-state index in [0.717, 1.165) is 24.9 Å². The Labute approximate surface area is 133 Å². The third-order valence-electron chi connectivity index (χ3n) is 5.31. The number of fused-ring (bicyclic) bond motifs is 2. The van der Waals surface area contributed by atoms with E-state index in [-0.39, 0.29) is 11.3 Å². The highest BCUT2D eigenvalue weighted by atomic mass is 16.2. The van der Waals surface area contributed by atoms with Crippen molar-refractivity contribution in [1.82, 2.24) is 4.90 Å². The van der Waals surface area contributed by atoms with Crippen LogP contribution in [0.4, 0.5) is 0 Å². The smallest absolute Gasteiger partial charge is 0.240 e. The summed E-state index contributed by atoms with van der Waals surface area (Å²) in [5.41, 5.74) is 7.97. The molecule has 1 aromatic rings. The molecule has 0 radical (unpaired) electrons. The first-order valence-corrected chi connectivity index (χ1v) is 8.38. The van der Waals surface area contributed by atoms with Crippen LogP contribution in [-0.2, 0) is 11.2 Å². The summed E-state index contributed by atoms with van der Waals surface area (Å²) in [7, 11) is 0. The lowest BCUT2D eigenvalue weighted by molar-refractivity contribution is -0.133. The minimum atomic E-state index is -0.423. The SMILES string of the molecule is CC1(C)CC2CC(C)(CN2C(=O)[C@@H](N)Cc2ccccc2)C1. The maximum absolute atomic E-state index is 12.8. The van der Waals surface area contributed by atoms with Gasteiger partial charge in [-0.1, -0.05) is 51.1 Å². The van der Waals surface area contributed by atoms with Crippen molar-refractivity contribution in [3.8, 4) is 0 Å². The van der Waals surface area contributed by atoms with E-state index >= 15 is 0 Å². The molecule has 2 aliphatic rings. The molecular formula is C19H28N2O. The van der Waals surface area contributed by atoms with Gasteiger partial charge in [0.2, 0.25) is 5.91 Å². The van der Waals surface area contributed by atoms with Crippen LogP contribution in [0, 0.1) is 10.8 Å². The zero-order chi connectivity index (χ0) is 16.0. The molecule has 3 atom stereocenters. The van der Waals surface area contributed by atoms with Gasteiger partial charge in [-0.3, -0.25) is 4.79 Å². The molecule has 0 spiro atoms. The van der Waals surface area contributed by atoms with Gasteiger partial charge in [-0.25, -0.2) is 0 Å². The second-order valence-electron chi connectivity index (χ2n) is 8.48. The summed E-state index contributed by atoms with van der Waals surface area (Å²) in [6, 6.07) is 10.0. The number of nitrogens with zero attached hydrogens (tertiary/aromatic N) is 1. The van der Waals surface area contributed by atoms with Gasteiger partial charge in [0.1, 0.15) is 0 Å². The van der Waals surface area contributed by atoms with Crippen molar-refractivity contribution in [3.05, 3.63) is 35.9 Å². The van der Waals surface area contributed by atoms with Crippen molar-refractivity contribution in [2.45, 2.75) is 58.5 Å². The molecule has 0 aromatic heterocycles. The normalized spacial score (nSPS) is 31.1. The Balaban J connectivity index is 1.70. The molecule has 120 valence electrons. The number of carbonyl (C=O) groups excluding carboxylic acids is 1. The third-order valence-corrected chi connectivity index (χ3v) is 5.31. The number of amides is 1. The van der Waals surface area contributed by atoms with Crippen LogP contribution in [0.15, 0.2) is 30.3 Å². The van der Waals surface area contributed by atoms with Crippen LogP contribution in [0.2, 0.25) is 0 Å². The summed E-state index contributed by atoms with van der Waals surface area (Å²) in [6.07, 6.45) is 4.07. The van der Waals surface area contributed by atoms with Crippen LogP contribution in [0.3, 0.4) is 0 Å². The second kappa shape index (κ2) is 5.38. The third kappa shape index (κ3) is 3.05. The summed E-state index contributed by atoms with van der Waals surface area (Å²) in [6.45, 7) is 7.86. The molecule has 1 aromatic carbocycles. The monoisotopic (exact) mass is 300 g/mol. The highest BCUT2D eigenvalue weighted by Gasteiger charge is 2.51. The first-order chi connectivity index (χ1) is 10.3. The molecule has 1 saturated carbocycles. The average Bonchev–Trinajstić information content (AvgIpc) is 2.68. The maximum Gasteiger partial charge on any atom is 0.240 e. The van der Waals surface area contributed by atoms with E-state index in [9.17, 15) is 4.79 Å². The summed E-state index contributed by atoms with van der Waals surface area (Å²) in [5, 5.41) is 0. The summed E-state index contributed by atoms with van der Waals surface area (Å²) in [4.78, 5) is 14.9. The zero-order valence-electron chi connectivity index (χ0n) is 14.0. The van der Waals surface area contributed by atoms with Crippen molar-refractivity contribution in [1.29, 1.82) is 0 Å². The lowest BCUT2D eigenvalue weighted by atomic mass is 9.65.